The van der Waals surface area contributed by atoms with Crippen molar-refractivity contribution in [1.29, 1.82) is 0 Å². The summed E-state index contributed by atoms with van der Waals surface area (Å²) in [5.41, 5.74) is 1.23. The zero-order valence-corrected chi connectivity index (χ0v) is 14.2. The monoisotopic (exact) mass is 310 g/mol. The molecule has 1 aliphatic rings. The summed E-state index contributed by atoms with van der Waals surface area (Å²) in [6, 6.07) is 0.456. The van der Waals surface area contributed by atoms with Gasteiger partial charge in [-0.05, 0) is 37.0 Å². The van der Waals surface area contributed by atoms with Gasteiger partial charge in [0.2, 0.25) is 0 Å². The van der Waals surface area contributed by atoms with Crippen LogP contribution in [0, 0.1) is 11.8 Å². The molecule has 0 aromatic carbocycles. The minimum atomic E-state index is -0.786. The summed E-state index contributed by atoms with van der Waals surface area (Å²) >= 11 is 1.34. The highest BCUT2D eigenvalue weighted by atomic mass is 32.2. The van der Waals surface area contributed by atoms with Crippen LogP contribution < -0.4 is 0 Å². The predicted molar refractivity (Wildman–Crippen MR) is 85.9 cm³/mol. The number of hydrogen-bond donors (Lipinski definition) is 1. The lowest BCUT2D eigenvalue weighted by Crippen LogP contribution is -2.26. The molecule has 1 aromatic rings. The lowest BCUT2D eigenvalue weighted by molar-refractivity contribution is -0.133. The Balaban J connectivity index is 2.29. The molecule has 0 bridgehead atoms. The van der Waals surface area contributed by atoms with Crippen molar-refractivity contribution in [2.45, 2.75) is 64.1 Å². The third-order valence-corrected chi connectivity index (χ3v) is 5.38. The van der Waals surface area contributed by atoms with Gasteiger partial charge in [-0.25, -0.2) is 4.98 Å². The predicted octanol–water partition coefficient (Wildman–Crippen LogP) is 4.18. The van der Waals surface area contributed by atoms with Crippen LogP contribution in [0.1, 0.15) is 64.6 Å². The van der Waals surface area contributed by atoms with Crippen molar-refractivity contribution < 1.29 is 9.90 Å². The molecule has 21 heavy (non-hydrogen) atoms. The highest BCUT2D eigenvalue weighted by Gasteiger charge is 2.30. The molecule has 0 radical (unpaired) electrons. The molecule has 4 nitrogen and oxygen atoms in total. The highest BCUT2D eigenvalue weighted by molar-refractivity contribution is 7.99. The van der Waals surface area contributed by atoms with Crippen LogP contribution in [0.15, 0.2) is 11.4 Å². The van der Waals surface area contributed by atoms with Crippen LogP contribution in [0.5, 0.6) is 0 Å². The van der Waals surface area contributed by atoms with Crippen LogP contribution in [0.4, 0.5) is 0 Å². The molecule has 1 N–H and O–H groups in total. The normalized spacial score (nSPS) is 26.2. The minimum absolute atomic E-state index is 0.0754. The molecule has 1 heterocycles. The van der Waals surface area contributed by atoms with Crippen LogP contribution in [0.25, 0.3) is 0 Å². The molecule has 0 aliphatic heterocycles. The number of hydrogen-bond acceptors (Lipinski definition) is 3. The molecule has 1 saturated carbocycles. The summed E-state index contributed by atoms with van der Waals surface area (Å²) in [6.07, 6.45) is 5.58. The molecule has 1 aliphatic carbocycles. The lowest BCUT2D eigenvalue weighted by atomic mass is 9.79. The number of nitrogens with zero attached hydrogens (tertiary/aromatic N) is 2. The fraction of sp³-hybridized carbons (Fsp3) is 0.750. The topological polar surface area (TPSA) is 55.1 Å². The molecular weight excluding hydrogens is 284 g/mol. The Morgan fingerprint density at radius 2 is 2.19 bits per heavy atom. The maximum Gasteiger partial charge on any atom is 0.313 e. The van der Waals surface area contributed by atoms with Gasteiger partial charge >= 0.3 is 5.97 Å². The van der Waals surface area contributed by atoms with Gasteiger partial charge in [0, 0.05) is 17.9 Å². The van der Waals surface area contributed by atoms with Gasteiger partial charge < -0.3 is 9.67 Å². The molecule has 3 unspecified atom stereocenters. The number of aromatic nitrogens is 2. The fourth-order valence-corrected chi connectivity index (χ4v) is 4.14. The summed E-state index contributed by atoms with van der Waals surface area (Å²) in [6.45, 7) is 8.99. The number of thioether (sulfide) groups is 1. The fourth-order valence-electron chi connectivity index (χ4n) is 3.38. The Bertz CT molecular complexity index is 498. The van der Waals surface area contributed by atoms with Crippen molar-refractivity contribution in [3.8, 4) is 0 Å². The number of carbonyl (C=O) groups is 1. The van der Waals surface area contributed by atoms with E-state index in [2.05, 4.69) is 37.2 Å². The number of aliphatic carboxylic acids is 1. The van der Waals surface area contributed by atoms with E-state index in [4.69, 9.17) is 5.11 Å². The summed E-state index contributed by atoms with van der Waals surface area (Å²) in [7, 11) is 0. The van der Waals surface area contributed by atoms with Gasteiger partial charge in [0.25, 0.3) is 0 Å². The van der Waals surface area contributed by atoms with Crippen molar-refractivity contribution in [2.24, 2.45) is 11.8 Å². The average Bonchev–Trinajstić information content (AvgIpc) is 2.80. The van der Waals surface area contributed by atoms with Crippen LogP contribution in [-0.2, 0) is 4.79 Å². The molecule has 5 heteroatoms. The Kier molecular flexibility index (Phi) is 5.36. The zero-order valence-electron chi connectivity index (χ0n) is 13.4. The zero-order chi connectivity index (χ0) is 15.6. The van der Waals surface area contributed by atoms with E-state index in [0.717, 1.165) is 11.1 Å². The minimum Gasteiger partial charge on any atom is -0.481 e. The second-order valence-electron chi connectivity index (χ2n) is 6.64. The number of imidazole rings is 1. The molecule has 1 fully saturated rings. The summed E-state index contributed by atoms with van der Waals surface area (Å²) < 4.78 is 2.33. The Morgan fingerprint density at radius 1 is 1.48 bits per heavy atom. The van der Waals surface area contributed by atoms with E-state index in [9.17, 15) is 4.79 Å². The van der Waals surface area contributed by atoms with Gasteiger partial charge in [0.15, 0.2) is 5.16 Å². The van der Waals surface area contributed by atoms with Crippen molar-refractivity contribution in [2.75, 3.05) is 5.75 Å². The standard InChI is InChI=1S/C16H26N2O2S/c1-10(2)14-8-17-16(21-9-15(19)20)18(14)13-6-5-11(3)7-12(13)4/h8,10-13H,5-7,9H2,1-4H3,(H,19,20). The largest absolute Gasteiger partial charge is 0.481 e. The van der Waals surface area contributed by atoms with E-state index in [0.29, 0.717) is 17.9 Å². The lowest BCUT2D eigenvalue weighted by Gasteiger charge is -2.35. The first-order chi connectivity index (χ1) is 9.90. The van der Waals surface area contributed by atoms with Crippen LogP contribution in [0.2, 0.25) is 0 Å². The van der Waals surface area contributed by atoms with E-state index in [-0.39, 0.29) is 5.75 Å². The van der Waals surface area contributed by atoms with Crippen molar-refractivity contribution in [1.82, 2.24) is 9.55 Å². The van der Waals surface area contributed by atoms with Crippen molar-refractivity contribution in [3.05, 3.63) is 11.9 Å². The number of rotatable bonds is 5. The van der Waals surface area contributed by atoms with Crippen molar-refractivity contribution >= 4 is 17.7 Å². The van der Waals surface area contributed by atoms with Crippen molar-refractivity contribution in [3.63, 3.8) is 0 Å². The van der Waals surface area contributed by atoms with E-state index >= 15 is 0 Å². The molecule has 3 atom stereocenters. The van der Waals surface area contributed by atoms with Gasteiger partial charge in [-0.2, -0.15) is 0 Å². The SMILES string of the molecule is CC1CCC(n2c(C(C)C)cnc2SCC(=O)O)C(C)C1. The smallest absolute Gasteiger partial charge is 0.313 e. The van der Waals surface area contributed by atoms with Crippen LogP contribution >= 0.6 is 11.8 Å². The molecule has 1 aromatic heterocycles. The maximum atomic E-state index is 10.9. The third kappa shape index (κ3) is 3.82. The second-order valence-corrected chi connectivity index (χ2v) is 7.58. The van der Waals surface area contributed by atoms with Crippen LogP contribution in [0.3, 0.4) is 0 Å². The quantitative estimate of drug-likeness (QED) is 0.829. The number of carboxylic acid groups (broad SMARTS) is 1. The molecule has 2 rings (SSSR count). The molecule has 0 amide bonds. The van der Waals surface area contributed by atoms with Gasteiger partial charge in [0.1, 0.15) is 0 Å². The van der Waals surface area contributed by atoms with Gasteiger partial charge in [-0.3, -0.25) is 4.79 Å². The Morgan fingerprint density at radius 3 is 2.76 bits per heavy atom. The van der Waals surface area contributed by atoms with Crippen LogP contribution in [-0.4, -0.2) is 26.4 Å². The summed E-state index contributed by atoms with van der Waals surface area (Å²) in [4.78, 5) is 15.4. The van der Waals surface area contributed by atoms with Gasteiger partial charge in [-0.1, -0.05) is 39.5 Å². The van der Waals surface area contributed by atoms with E-state index in [1.807, 2.05) is 6.20 Å². The molecule has 0 saturated heterocycles. The van der Waals surface area contributed by atoms with E-state index in [1.54, 1.807) is 0 Å². The number of carboxylic acids is 1. The summed E-state index contributed by atoms with van der Waals surface area (Å²) in [5.74, 6) is 1.10. The first-order valence-electron chi connectivity index (χ1n) is 7.81. The van der Waals surface area contributed by atoms with Gasteiger partial charge in [-0.15, -0.1) is 0 Å². The molecule has 118 valence electrons. The highest BCUT2D eigenvalue weighted by Crippen LogP contribution is 2.40. The van der Waals surface area contributed by atoms with E-state index < -0.39 is 5.97 Å². The van der Waals surface area contributed by atoms with Gasteiger partial charge in [0.05, 0.1) is 5.75 Å². The first-order valence-corrected chi connectivity index (χ1v) is 8.80. The Hall–Kier alpha value is -0.970. The second kappa shape index (κ2) is 6.86. The van der Waals surface area contributed by atoms with E-state index in [1.165, 1.54) is 36.7 Å². The molecule has 0 spiro atoms. The Labute approximate surface area is 131 Å². The third-order valence-electron chi connectivity index (χ3n) is 4.43. The molecular formula is C16H26N2O2S. The maximum absolute atomic E-state index is 10.9. The first kappa shape index (κ1) is 16.4. The summed E-state index contributed by atoms with van der Waals surface area (Å²) in [5, 5.41) is 9.79. The average molecular weight is 310 g/mol.